The van der Waals surface area contributed by atoms with Crippen LogP contribution in [0.2, 0.25) is 0 Å². The Balaban J connectivity index is 2.62. The Morgan fingerprint density at radius 3 is 2.12 bits per heavy atom. The third kappa shape index (κ3) is 5.61. The SMILES string of the molecule is CCN(CC)S(=O)(=O)c1ccc(CCC(=O)OCC(=O)OC)cc1. The van der Waals surface area contributed by atoms with Crippen LogP contribution < -0.4 is 0 Å². The minimum Gasteiger partial charge on any atom is -0.466 e. The predicted octanol–water partition coefficient (Wildman–Crippen LogP) is 1.37. The lowest BCUT2D eigenvalue weighted by atomic mass is 10.1. The van der Waals surface area contributed by atoms with Gasteiger partial charge in [-0.2, -0.15) is 4.31 Å². The van der Waals surface area contributed by atoms with Crippen molar-refractivity contribution in [2.24, 2.45) is 0 Å². The summed E-state index contributed by atoms with van der Waals surface area (Å²) in [5, 5.41) is 0. The molecule has 1 rings (SSSR count). The number of hydrogen-bond donors (Lipinski definition) is 0. The summed E-state index contributed by atoms with van der Waals surface area (Å²) in [6, 6.07) is 6.40. The highest BCUT2D eigenvalue weighted by molar-refractivity contribution is 7.89. The minimum absolute atomic E-state index is 0.0964. The Labute approximate surface area is 142 Å². The number of nitrogens with zero attached hydrogens (tertiary/aromatic N) is 1. The van der Waals surface area contributed by atoms with Gasteiger partial charge in [-0.25, -0.2) is 13.2 Å². The lowest BCUT2D eigenvalue weighted by Crippen LogP contribution is -2.30. The predicted molar refractivity (Wildman–Crippen MR) is 87.8 cm³/mol. The van der Waals surface area contributed by atoms with Crippen LogP contribution in [-0.4, -0.2) is 51.5 Å². The van der Waals surface area contributed by atoms with Gasteiger partial charge >= 0.3 is 11.9 Å². The lowest BCUT2D eigenvalue weighted by Gasteiger charge is -2.18. The van der Waals surface area contributed by atoms with Gasteiger partial charge in [-0.15, -0.1) is 0 Å². The number of methoxy groups -OCH3 is 1. The summed E-state index contributed by atoms with van der Waals surface area (Å²) in [6.07, 6.45) is 0.491. The summed E-state index contributed by atoms with van der Waals surface area (Å²) < 4.78 is 35.2. The highest BCUT2D eigenvalue weighted by Crippen LogP contribution is 2.17. The van der Waals surface area contributed by atoms with E-state index in [0.717, 1.165) is 5.56 Å². The molecule has 0 aliphatic heterocycles. The number of aryl methyl sites for hydroxylation is 1. The van der Waals surface area contributed by atoms with E-state index in [2.05, 4.69) is 4.74 Å². The van der Waals surface area contributed by atoms with Crippen LogP contribution >= 0.6 is 0 Å². The number of esters is 2. The summed E-state index contributed by atoms with van der Waals surface area (Å²) >= 11 is 0. The molecular formula is C16H23NO6S. The van der Waals surface area contributed by atoms with Crippen molar-refractivity contribution in [1.82, 2.24) is 4.31 Å². The average Bonchev–Trinajstić information content (AvgIpc) is 2.58. The lowest BCUT2D eigenvalue weighted by molar-refractivity contribution is -0.156. The molecule has 0 aliphatic rings. The minimum atomic E-state index is -3.48. The van der Waals surface area contributed by atoms with Gasteiger partial charge in [-0.3, -0.25) is 4.79 Å². The molecule has 7 nitrogen and oxygen atoms in total. The molecule has 0 bridgehead atoms. The second-order valence-electron chi connectivity index (χ2n) is 4.97. The molecule has 0 heterocycles. The number of sulfonamides is 1. The van der Waals surface area contributed by atoms with Gasteiger partial charge in [-0.1, -0.05) is 26.0 Å². The molecule has 0 radical (unpaired) electrons. The fraction of sp³-hybridized carbons (Fsp3) is 0.500. The molecule has 0 atom stereocenters. The maximum absolute atomic E-state index is 12.4. The van der Waals surface area contributed by atoms with Crippen molar-refractivity contribution in [3.8, 4) is 0 Å². The Morgan fingerprint density at radius 1 is 1.04 bits per heavy atom. The quantitative estimate of drug-likeness (QED) is 0.620. The normalized spacial score (nSPS) is 11.3. The second kappa shape index (κ2) is 9.39. The molecule has 0 aromatic heterocycles. The number of carbonyl (C=O) groups excluding carboxylic acids is 2. The molecule has 0 N–H and O–H groups in total. The van der Waals surface area contributed by atoms with Gasteiger partial charge in [0.05, 0.1) is 12.0 Å². The zero-order chi connectivity index (χ0) is 18.2. The van der Waals surface area contributed by atoms with Crippen molar-refractivity contribution in [1.29, 1.82) is 0 Å². The Hall–Kier alpha value is -1.93. The molecule has 134 valence electrons. The summed E-state index contributed by atoms with van der Waals surface area (Å²) in [7, 11) is -2.27. The van der Waals surface area contributed by atoms with E-state index in [-0.39, 0.29) is 11.3 Å². The third-order valence-electron chi connectivity index (χ3n) is 3.46. The topological polar surface area (TPSA) is 90.0 Å². The Morgan fingerprint density at radius 2 is 1.62 bits per heavy atom. The van der Waals surface area contributed by atoms with E-state index in [1.807, 2.05) is 0 Å². The summed E-state index contributed by atoms with van der Waals surface area (Å²) in [6.45, 7) is 3.99. The van der Waals surface area contributed by atoms with Gasteiger partial charge in [0.2, 0.25) is 10.0 Å². The molecule has 8 heteroatoms. The highest BCUT2D eigenvalue weighted by Gasteiger charge is 2.21. The molecule has 0 fully saturated rings. The molecule has 0 aliphatic carbocycles. The molecule has 24 heavy (non-hydrogen) atoms. The molecule has 0 spiro atoms. The molecule has 0 saturated heterocycles. The Kier molecular flexibility index (Phi) is 7.87. The van der Waals surface area contributed by atoms with Crippen molar-refractivity contribution in [3.63, 3.8) is 0 Å². The number of carbonyl (C=O) groups is 2. The molecular weight excluding hydrogens is 334 g/mol. The van der Waals surface area contributed by atoms with Crippen LogP contribution in [0.5, 0.6) is 0 Å². The van der Waals surface area contributed by atoms with E-state index in [0.29, 0.717) is 19.5 Å². The first kappa shape index (κ1) is 20.1. The summed E-state index contributed by atoms with van der Waals surface area (Å²) in [5.74, 6) is -1.13. The van der Waals surface area contributed by atoms with Crippen LogP contribution in [0.15, 0.2) is 29.2 Å². The van der Waals surface area contributed by atoms with Gasteiger partial charge < -0.3 is 9.47 Å². The van der Waals surface area contributed by atoms with Crippen LogP contribution in [0.4, 0.5) is 0 Å². The zero-order valence-corrected chi connectivity index (χ0v) is 15.0. The maximum Gasteiger partial charge on any atom is 0.344 e. The van der Waals surface area contributed by atoms with Crippen LogP contribution in [0.25, 0.3) is 0 Å². The first-order valence-electron chi connectivity index (χ1n) is 7.66. The number of rotatable bonds is 9. The highest BCUT2D eigenvalue weighted by atomic mass is 32.2. The average molecular weight is 357 g/mol. The van der Waals surface area contributed by atoms with Gasteiger partial charge in [0.25, 0.3) is 0 Å². The Bertz CT molecular complexity index is 650. The van der Waals surface area contributed by atoms with Crippen LogP contribution in [-0.2, 0) is 35.5 Å². The second-order valence-corrected chi connectivity index (χ2v) is 6.91. The first-order valence-corrected chi connectivity index (χ1v) is 9.10. The van der Waals surface area contributed by atoms with Gasteiger partial charge in [0.15, 0.2) is 6.61 Å². The van der Waals surface area contributed by atoms with E-state index < -0.39 is 28.6 Å². The van der Waals surface area contributed by atoms with Crippen molar-refractivity contribution >= 4 is 22.0 Å². The van der Waals surface area contributed by atoms with E-state index in [1.165, 1.54) is 23.5 Å². The number of hydrogen-bond acceptors (Lipinski definition) is 6. The third-order valence-corrected chi connectivity index (χ3v) is 5.53. The number of benzene rings is 1. The van der Waals surface area contributed by atoms with Crippen molar-refractivity contribution < 1.29 is 27.5 Å². The summed E-state index contributed by atoms with van der Waals surface area (Å²) in [4.78, 5) is 22.6. The van der Waals surface area contributed by atoms with Crippen LogP contribution in [0.1, 0.15) is 25.8 Å². The maximum atomic E-state index is 12.4. The van der Waals surface area contributed by atoms with E-state index in [1.54, 1.807) is 26.0 Å². The summed E-state index contributed by atoms with van der Waals surface area (Å²) in [5.41, 5.74) is 0.809. The molecule has 0 unspecified atom stereocenters. The molecule has 0 amide bonds. The number of ether oxygens (including phenoxy) is 2. The van der Waals surface area contributed by atoms with Crippen LogP contribution in [0.3, 0.4) is 0 Å². The molecule has 0 saturated carbocycles. The van der Waals surface area contributed by atoms with Crippen molar-refractivity contribution in [2.45, 2.75) is 31.6 Å². The fourth-order valence-corrected chi connectivity index (χ4v) is 3.52. The van der Waals surface area contributed by atoms with Gasteiger partial charge in [-0.05, 0) is 24.1 Å². The standard InChI is InChI=1S/C16H23NO6S/c1-4-17(5-2)24(20,21)14-9-6-13(7-10-14)8-11-15(18)23-12-16(19)22-3/h6-7,9-10H,4-5,8,11-12H2,1-3H3. The smallest absolute Gasteiger partial charge is 0.344 e. The van der Waals surface area contributed by atoms with Crippen molar-refractivity contribution in [2.75, 3.05) is 26.8 Å². The van der Waals surface area contributed by atoms with Crippen LogP contribution in [0, 0.1) is 0 Å². The van der Waals surface area contributed by atoms with Crippen molar-refractivity contribution in [3.05, 3.63) is 29.8 Å². The molecule has 1 aromatic rings. The first-order chi connectivity index (χ1) is 11.3. The van der Waals surface area contributed by atoms with E-state index in [9.17, 15) is 18.0 Å². The molecule has 1 aromatic carbocycles. The van der Waals surface area contributed by atoms with Gasteiger partial charge in [0, 0.05) is 19.5 Å². The largest absolute Gasteiger partial charge is 0.466 e. The van der Waals surface area contributed by atoms with E-state index >= 15 is 0 Å². The monoisotopic (exact) mass is 357 g/mol. The zero-order valence-electron chi connectivity index (χ0n) is 14.1. The fourth-order valence-electron chi connectivity index (χ4n) is 2.06. The van der Waals surface area contributed by atoms with Gasteiger partial charge in [0.1, 0.15) is 0 Å². The van der Waals surface area contributed by atoms with E-state index in [4.69, 9.17) is 4.74 Å².